The van der Waals surface area contributed by atoms with Crippen molar-refractivity contribution in [2.24, 2.45) is 5.41 Å². The van der Waals surface area contributed by atoms with Crippen molar-refractivity contribution in [3.05, 3.63) is 10.6 Å². The molecule has 1 aliphatic rings. The van der Waals surface area contributed by atoms with Crippen LogP contribution in [-0.4, -0.2) is 44.6 Å². The van der Waals surface area contributed by atoms with Gasteiger partial charge in [0, 0.05) is 13.1 Å². The normalized spacial score (nSPS) is 18.0. The number of nitrogens with zero attached hydrogens (tertiary/aromatic N) is 3. The molecule has 1 amide bonds. The zero-order valence-electron chi connectivity index (χ0n) is 11.8. The minimum Gasteiger partial charge on any atom is -0.481 e. The van der Waals surface area contributed by atoms with Crippen LogP contribution in [0.2, 0.25) is 0 Å². The lowest BCUT2D eigenvalue weighted by Gasteiger charge is -2.36. The molecule has 0 saturated carbocycles. The maximum Gasteiger partial charge on any atom is 0.309 e. The van der Waals surface area contributed by atoms with Gasteiger partial charge in [0.15, 0.2) is 0 Å². The van der Waals surface area contributed by atoms with Gasteiger partial charge in [-0.2, -0.15) is 0 Å². The first-order valence-corrected chi connectivity index (χ1v) is 7.59. The van der Waals surface area contributed by atoms with E-state index in [0.717, 1.165) is 30.1 Å². The van der Waals surface area contributed by atoms with E-state index in [0.29, 0.717) is 30.8 Å². The number of carboxylic acids is 1. The van der Waals surface area contributed by atoms with Gasteiger partial charge in [0.2, 0.25) is 0 Å². The Hall–Kier alpha value is -1.50. The smallest absolute Gasteiger partial charge is 0.309 e. The Bertz CT molecular complexity index is 507. The van der Waals surface area contributed by atoms with Crippen molar-refractivity contribution < 1.29 is 14.7 Å². The molecule has 7 heteroatoms. The van der Waals surface area contributed by atoms with Crippen LogP contribution in [0.1, 0.15) is 48.5 Å². The van der Waals surface area contributed by atoms with Crippen molar-refractivity contribution >= 4 is 23.4 Å². The molecule has 1 aromatic heterocycles. The number of hydrogen-bond acceptors (Lipinski definition) is 5. The Labute approximate surface area is 122 Å². The van der Waals surface area contributed by atoms with Crippen molar-refractivity contribution in [2.75, 3.05) is 13.1 Å². The Morgan fingerprint density at radius 3 is 2.60 bits per heavy atom. The summed E-state index contributed by atoms with van der Waals surface area (Å²) in [6.45, 7) is 4.73. The fraction of sp³-hybridized carbons (Fsp3) is 0.692. The fourth-order valence-electron chi connectivity index (χ4n) is 2.33. The number of likely N-dealkylation sites (tertiary alicyclic amines) is 1. The van der Waals surface area contributed by atoms with Gasteiger partial charge in [0.05, 0.1) is 11.1 Å². The summed E-state index contributed by atoms with van der Waals surface area (Å²) in [5.74, 6) is -0.841. The van der Waals surface area contributed by atoms with E-state index in [9.17, 15) is 14.7 Å². The Morgan fingerprint density at radius 1 is 1.40 bits per heavy atom. The van der Waals surface area contributed by atoms with E-state index in [1.54, 1.807) is 11.8 Å². The summed E-state index contributed by atoms with van der Waals surface area (Å²) in [6, 6.07) is 0. The zero-order chi connectivity index (χ0) is 14.8. The van der Waals surface area contributed by atoms with Gasteiger partial charge < -0.3 is 10.0 Å². The summed E-state index contributed by atoms with van der Waals surface area (Å²) < 4.78 is 3.86. The fourth-order valence-corrected chi connectivity index (χ4v) is 3.01. The number of carbonyl (C=O) groups is 2. The second-order valence-electron chi connectivity index (χ2n) is 5.46. The topological polar surface area (TPSA) is 83.4 Å². The largest absolute Gasteiger partial charge is 0.481 e. The second kappa shape index (κ2) is 5.87. The van der Waals surface area contributed by atoms with E-state index in [1.165, 1.54) is 0 Å². The van der Waals surface area contributed by atoms with Crippen LogP contribution in [0.5, 0.6) is 0 Å². The molecule has 1 fully saturated rings. The van der Waals surface area contributed by atoms with Gasteiger partial charge >= 0.3 is 5.97 Å². The highest BCUT2D eigenvalue weighted by molar-refractivity contribution is 7.08. The highest BCUT2D eigenvalue weighted by atomic mass is 32.1. The average molecular weight is 297 g/mol. The lowest BCUT2D eigenvalue weighted by atomic mass is 9.80. The van der Waals surface area contributed by atoms with Crippen LogP contribution >= 0.6 is 11.5 Å². The van der Waals surface area contributed by atoms with Crippen LogP contribution < -0.4 is 0 Å². The van der Waals surface area contributed by atoms with Crippen molar-refractivity contribution in [1.82, 2.24) is 14.5 Å². The standard InChI is InChI=1S/C13H19N3O3S/c1-3-4-9-10(20-15-14-9)11(17)16-7-5-13(2,6-8-16)12(18)19/h3-8H2,1-2H3,(H,18,19). The summed E-state index contributed by atoms with van der Waals surface area (Å²) >= 11 is 1.13. The predicted octanol–water partition coefficient (Wildman–Crippen LogP) is 1.82. The minimum atomic E-state index is -0.782. The van der Waals surface area contributed by atoms with Crippen molar-refractivity contribution in [1.29, 1.82) is 0 Å². The molecule has 1 saturated heterocycles. The first-order chi connectivity index (χ1) is 9.48. The number of carbonyl (C=O) groups excluding carboxylic acids is 1. The molecule has 20 heavy (non-hydrogen) atoms. The number of aliphatic carboxylic acids is 1. The van der Waals surface area contributed by atoms with Crippen LogP contribution in [0, 0.1) is 5.41 Å². The molecule has 6 nitrogen and oxygen atoms in total. The molecule has 0 bridgehead atoms. The van der Waals surface area contributed by atoms with Crippen molar-refractivity contribution in [3.8, 4) is 0 Å². The molecule has 110 valence electrons. The molecule has 1 aromatic rings. The maximum absolute atomic E-state index is 12.4. The lowest BCUT2D eigenvalue weighted by Crippen LogP contribution is -2.45. The van der Waals surface area contributed by atoms with E-state index in [4.69, 9.17) is 0 Å². The molecule has 1 N–H and O–H groups in total. The molecule has 2 heterocycles. The number of piperidine rings is 1. The van der Waals surface area contributed by atoms with E-state index in [2.05, 4.69) is 9.59 Å². The van der Waals surface area contributed by atoms with E-state index in [1.807, 2.05) is 6.92 Å². The maximum atomic E-state index is 12.4. The number of aryl methyl sites for hydroxylation is 1. The van der Waals surface area contributed by atoms with Gasteiger partial charge in [-0.3, -0.25) is 9.59 Å². The van der Waals surface area contributed by atoms with Crippen LogP contribution in [0.25, 0.3) is 0 Å². The third kappa shape index (κ3) is 2.82. The molecule has 2 rings (SSSR count). The molecule has 0 aliphatic carbocycles. The Balaban J connectivity index is 2.05. The van der Waals surface area contributed by atoms with Crippen LogP contribution in [0.3, 0.4) is 0 Å². The summed E-state index contributed by atoms with van der Waals surface area (Å²) in [6.07, 6.45) is 2.65. The zero-order valence-corrected chi connectivity index (χ0v) is 12.6. The van der Waals surface area contributed by atoms with Gasteiger partial charge in [0.25, 0.3) is 5.91 Å². The van der Waals surface area contributed by atoms with Gasteiger partial charge in [-0.15, -0.1) is 5.10 Å². The molecule has 0 atom stereocenters. The number of carboxylic acid groups (broad SMARTS) is 1. The predicted molar refractivity (Wildman–Crippen MR) is 74.8 cm³/mol. The number of amides is 1. The Morgan fingerprint density at radius 2 is 2.05 bits per heavy atom. The summed E-state index contributed by atoms with van der Waals surface area (Å²) in [5, 5.41) is 13.2. The third-order valence-corrected chi connectivity index (χ3v) is 4.66. The van der Waals surface area contributed by atoms with Gasteiger partial charge in [-0.1, -0.05) is 17.8 Å². The number of aromatic nitrogens is 2. The molecule has 1 aliphatic heterocycles. The van der Waals surface area contributed by atoms with Gasteiger partial charge in [-0.25, -0.2) is 0 Å². The summed E-state index contributed by atoms with van der Waals surface area (Å²) in [4.78, 5) is 26.0. The first kappa shape index (κ1) is 14.9. The van der Waals surface area contributed by atoms with Crippen LogP contribution in [0.4, 0.5) is 0 Å². The molecule has 0 aromatic carbocycles. The summed E-state index contributed by atoms with van der Waals surface area (Å²) in [5.41, 5.74) is 0.0451. The van der Waals surface area contributed by atoms with E-state index < -0.39 is 11.4 Å². The lowest BCUT2D eigenvalue weighted by molar-refractivity contribution is -0.150. The highest BCUT2D eigenvalue weighted by Crippen LogP contribution is 2.32. The van der Waals surface area contributed by atoms with Gasteiger partial charge in [-0.05, 0) is 37.7 Å². The first-order valence-electron chi connectivity index (χ1n) is 6.82. The van der Waals surface area contributed by atoms with Crippen LogP contribution in [0.15, 0.2) is 0 Å². The van der Waals surface area contributed by atoms with Crippen molar-refractivity contribution in [3.63, 3.8) is 0 Å². The second-order valence-corrected chi connectivity index (χ2v) is 6.21. The van der Waals surface area contributed by atoms with Crippen LogP contribution in [-0.2, 0) is 11.2 Å². The summed E-state index contributed by atoms with van der Waals surface area (Å²) in [7, 11) is 0. The number of rotatable bonds is 4. The molecule has 0 spiro atoms. The molecule has 0 radical (unpaired) electrons. The SMILES string of the molecule is CCCc1nnsc1C(=O)N1CCC(C)(C(=O)O)CC1. The average Bonchev–Trinajstić information content (AvgIpc) is 2.87. The monoisotopic (exact) mass is 297 g/mol. The van der Waals surface area contributed by atoms with Crippen molar-refractivity contribution in [2.45, 2.75) is 39.5 Å². The Kier molecular flexibility index (Phi) is 4.37. The third-order valence-electron chi connectivity index (χ3n) is 3.91. The molecule has 0 unspecified atom stereocenters. The van der Waals surface area contributed by atoms with Gasteiger partial charge in [0.1, 0.15) is 4.88 Å². The van der Waals surface area contributed by atoms with E-state index in [-0.39, 0.29) is 5.91 Å². The quantitative estimate of drug-likeness (QED) is 0.916. The van der Waals surface area contributed by atoms with E-state index >= 15 is 0 Å². The molecular weight excluding hydrogens is 278 g/mol. The molecular formula is C13H19N3O3S. The highest BCUT2D eigenvalue weighted by Gasteiger charge is 2.38. The minimum absolute atomic E-state index is 0.0594. The number of hydrogen-bond donors (Lipinski definition) is 1.